The largest absolute Gasteiger partial charge is 0.492 e. The number of benzene rings is 1. The van der Waals surface area contributed by atoms with Gasteiger partial charge < -0.3 is 9.47 Å². The van der Waals surface area contributed by atoms with Crippen molar-refractivity contribution in [2.24, 2.45) is 0 Å². The third-order valence-corrected chi connectivity index (χ3v) is 3.88. The van der Waals surface area contributed by atoms with E-state index in [-0.39, 0.29) is 0 Å². The first kappa shape index (κ1) is 14.6. The number of ether oxygens (including phenoxy) is 2. The first-order valence-electron chi connectivity index (χ1n) is 5.77. The second kappa shape index (κ2) is 7.09. The monoisotopic (exact) mass is 433 g/mol. The molecule has 0 aliphatic rings. The summed E-state index contributed by atoms with van der Waals surface area (Å²) in [4.78, 5) is 4.35. The fourth-order valence-corrected chi connectivity index (χ4v) is 2.40. The van der Waals surface area contributed by atoms with E-state index in [1.165, 1.54) is 0 Å². The lowest BCUT2D eigenvalue weighted by Crippen LogP contribution is -2.04. The SMILES string of the molecule is COc1cccc(CCOc2cc(Br)ccc2I)n1. The van der Waals surface area contributed by atoms with Crippen molar-refractivity contribution >= 4 is 38.5 Å². The average Bonchev–Trinajstić information content (AvgIpc) is 2.43. The van der Waals surface area contributed by atoms with E-state index in [0.717, 1.165) is 25.9 Å². The Morgan fingerprint density at radius 1 is 1.26 bits per heavy atom. The van der Waals surface area contributed by atoms with E-state index in [2.05, 4.69) is 43.5 Å². The van der Waals surface area contributed by atoms with Crippen molar-refractivity contribution in [2.75, 3.05) is 13.7 Å². The number of hydrogen-bond acceptors (Lipinski definition) is 3. The van der Waals surface area contributed by atoms with Crippen LogP contribution < -0.4 is 9.47 Å². The van der Waals surface area contributed by atoms with Crippen LogP contribution in [0.25, 0.3) is 0 Å². The lowest BCUT2D eigenvalue weighted by molar-refractivity contribution is 0.317. The van der Waals surface area contributed by atoms with Crippen molar-refractivity contribution in [3.05, 3.63) is 50.1 Å². The smallest absolute Gasteiger partial charge is 0.213 e. The Labute approximate surface area is 134 Å². The van der Waals surface area contributed by atoms with Crippen molar-refractivity contribution in [3.8, 4) is 11.6 Å². The summed E-state index contributed by atoms with van der Waals surface area (Å²) in [5.74, 6) is 1.52. The second-order valence-electron chi connectivity index (χ2n) is 3.84. The van der Waals surface area contributed by atoms with Gasteiger partial charge in [-0.25, -0.2) is 4.98 Å². The fourth-order valence-electron chi connectivity index (χ4n) is 1.56. The summed E-state index contributed by atoms with van der Waals surface area (Å²) in [6.07, 6.45) is 0.750. The number of pyridine rings is 1. The molecule has 2 aromatic rings. The molecule has 0 amide bonds. The average molecular weight is 434 g/mol. The van der Waals surface area contributed by atoms with Crippen LogP contribution in [0.1, 0.15) is 5.69 Å². The lowest BCUT2D eigenvalue weighted by atomic mass is 10.3. The molecule has 0 saturated heterocycles. The Balaban J connectivity index is 1.94. The van der Waals surface area contributed by atoms with Gasteiger partial charge in [-0.15, -0.1) is 0 Å². The molecule has 0 aliphatic heterocycles. The molecular weight excluding hydrogens is 421 g/mol. The zero-order valence-electron chi connectivity index (χ0n) is 10.4. The molecule has 0 saturated carbocycles. The van der Waals surface area contributed by atoms with Crippen LogP contribution >= 0.6 is 38.5 Å². The molecule has 0 aliphatic carbocycles. The molecule has 2 rings (SSSR count). The zero-order valence-corrected chi connectivity index (χ0v) is 14.1. The van der Waals surface area contributed by atoms with Gasteiger partial charge in [-0.3, -0.25) is 0 Å². The molecule has 1 heterocycles. The van der Waals surface area contributed by atoms with Crippen molar-refractivity contribution in [1.82, 2.24) is 4.98 Å². The van der Waals surface area contributed by atoms with Gasteiger partial charge in [0.1, 0.15) is 5.75 Å². The van der Waals surface area contributed by atoms with Crippen molar-refractivity contribution in [3.63, 3.8) is 0 Å². The summed E-state index contributed by atoms with van der Waals surface area (Å²) in [5, 5.41) is 0. The maximum Gasteiger partial charge on any atom is 0.213 e. The van der Waals surface area contributed by atoms with E-state index in [0.29, 0.717) is 12.5 Å². The van der Waals surface area contributed by atoms with Gasteiger partial charge >= 0.3 is 0 Å². The Morgan fingerprint density at radius 2 is 2.11 bits per heavy atom. The molecule has 0 N–H and O–H groups in total. The Bertz CT molecular complexity index is 563. The summed E-state index contributed by atoms with van der Waals surface area (Å²) in [6, 6.07) is 11.7. The predicted molar refractivity (Wildman–Crippen MR) is 86.8 cm³/mol. The quantitative estimate of drug-likeness (QED) is 0.666. The van der Waals surface area contributed by atoms with Gasteiger partial charge in [0.25, 0.3) is 0 Å². The summed E-state index contributed by atoms with van der Waals surface area (Å²) in [5.41, 5.74) is 0.962. The Kier molecular flexibility index (Phi) is 5.45. The van der Waals surface area contributed by atoms with Crippen molar-refractivity contribution < 1.29 is 9.47 Å². The molecule has 0 fully saturated rings. The van der Waals surface area contributed by atoms with Gasteiger partial charge in [0, 0.05) is 22.7 Å². The lowest BCUT2D eigenvalue weighted by Gasteiger charge is -2.09. The highest BCUT2D eigenvalue weighted by Crippen LogP contribution is 2.25. The third-order valence-electron chi connectivity index (χ3n) is 2.50. The second-order valence-corrected chi connectivity index (χ2v) is 5.92. The van der Waals surface area contributed by atoms with E-state index < -0.39 is 0 Å². The van der Waals surface area contributed by atoms with E-state index in [1.807, 2.05) is 36.4 Å². The minimum absolute atomic E-state index is 0.590. The predicted octanol–water partition coefficient (Wildman–Crippen LogP) is 4.08. The summed E-state index contributed by atoms with van der Waals surface area (Å²) in [6.45, 7) is 0.590. The maximum absolute atomic E-state index is 5.78. The van der Waals surface area contributed by atoms with Crippen LogP contribution in [0.3, 0.4) is 0 Å². The fraction of sp³-hybridized carbons (Fsp3) is 0.214. The van der Waals surface area contributed by atoms with Gasteiger partial charge in [0.05, 0.1) is 17.3 Å². The summed E-state index contributed by atoms with van der Waals surface area (Å²) in [7, 11) is 1.62. The number of rotatable bonds is 5. The van der Waals surface area contributed by atoms with Crippen LogP contribution in [-0.4, -0.2) is 18.7 Å². The highest BCUT2D eigenvalue weighted by Gasteiger charge is 2.03. The molecule has 0 radical (unpaired) electrons. The molecular formula is C14H13BrINO2. The van der Waals surface area contributed by atoms with Crippen LogP contribution in [-0.2, 0) is 6.42 Å². The van der Waals surface area contributed by atoms with Crippen molar-refractivity contribution in [2.45, 2.75) is 6.42 Å². The topological polar surface area (TPSA) is 31.4 Å². The number of nitrogens with zero attached hydrogens (tertiary/aromatic N) is 1. The number of aromatic nitrogens is 1. The van der Waals surface area contributed by atoms with Crippen LogP contribution in [0.5, 0.6) is 11.6 Å². The minimum atomic E-state index is 0.590. The Hall–Kier alpha value is -0.820. The molecule has 1 aromatic carbocycles. The van der Waals surface area contributed by atoms with Gasteiger partial charge in [0.15, 0.2) is 0 Å². The molecule has 0 atom stereocenters. The Morgan fingerprint density at radius 3 is 2.89 bits per heavy atom. The molecule has 0 bridgehead atoms. The number of methoxy groups -OCH3 is 1. The molecule has 1 aromatic heterocycles. The zero-order chi connectivity index (χ0) is 13.7. The normalized spacial score (nSPS) is 10.3. The van der Waals surface area contributed by atoms with Crippen LogP contribution in [0, 0.1) is 3.57 Å². The van der Waals surface area contributed by atoms with Crippen molar-refractivity contribution in [1.29, 1.82) is 0 Å². The highest BCUT2D eigenvalue weighted by molar-refractivity contribution is 14.1. The van der Waals surface area contributed by atoms with Gasteiger partial charge in [-0.05, 0) is 46.9 Å². The maximum atomic E-state index is 5.78. The molecule has 5 heteroatoms. The summed E-state index contributed by atoms with van der Waals surface area (Å²) >= 11 is 5.70. The third kappa shape index (κ3) is 4.35. The van der Waals surface area contributed by atoms with E-state index in [9.17, 15) is 0 Å². The summed E-state index contributed by atoms with van der Waals surface area (Å²) < 4.78 is 13.0. The molecule has 0 spiro atoms. The van der Waals surface area contributed by atoms with Gasteiger partial charge in [0.2, 0.25) is 5.88 Å². The number of hydrogen-bond donors (Lipinski definition) is 0. The highest BCUT2D eigenvalue weighted by atomic mass is 127. The first-order valence-corrected chi connectivity index (χ1v) is 7.64. The minimum Gasteiger partial charge on any atom is -0.492 e. The number of halogens is 2. The molecule has 100 valence electrons. The molecule has 3 nitrogen and oxygen atoms in total. The van der Waals surface area contributed by atoms with Crippen LogP contribution in [0.4, 0.5) is 0 Å². The molecule has 19 heavy (non-hydrogen) atoms. The van der Waals surface area contributed by atoms with Gasteiger partial charge in [-0.1, -0.05) is 22.0 Å². The van der Waals surface area contributed by atoms with E-state index in [1.54, 1.807) is 7.11 Å². The standard InChI is InChI=1S/C14H13BrINO2/c1-18-14-4-2-3-11(17-14)7-8-19-13-9-10(15)5-6-12(13)16/h2-6,9H,7-8H2,1H3. The van der Waals surface area contributed by atoms with Gasteiger partial charge in [-0.2, -0.15) is 0 Å². The van der Waals surface area contributed by atoms with E-state index >= 15 is 0 Å². The van der Waals surface area contributed by atoms with E-state index in [4.69, 9.17) is 9.47 Å². The first-order chi connectivity index (χ1) is 9.19. The van der Waals surface area contributed by atoms with Crippen LogP contribution in [0.15, 0.2) is 40.9 Å². The van der Waals surface area contributed by atoms with Crippen LogP contribution in [0.2, 0.25) is 0 Å². The molecule has 0 unspecified atom stereocenters.